The highest BCUT2D eigenvalue weighted by atomic mass is 16.6. The fraction of sp³-hybridized carbons (Fsp3) is 0.105. The molecule has 2 atom stereocenters. The number of hydrogen-bond donors (Lipinski definition) is 1. The molecule has 0 aliphatic carbocycles. The Morgan fingerprint density at radius 1 is 1.08 bits per heavy atom. The maximum atomic E-state index is 11.7. The highest BCUT2D eigenvalue weighted by molar-refractivity contribution is 5.71. The van der Waals surface area contributed by atoms with E-state index in [-0.39, 0.29) is 0 Å². The molecule has 0 spiro atoms. The second-order valence-corrected chi connectivity index (χ2v) is 5.44. The van der Waals surface area contributed by atoms with Gasteiger partial charge in [0, 0.05) is 23.5 Å². The van der Waals surface area contributed by atoms with Crippen LogP contribution in [0, 0.1) is 11.8 Å². The van der Waals surface area contributed by atoms with Crippen molar-refractivity contribution in [3.8, 4) is 11.8 Å². The van der Waals surface area contributed by atoms with Crippen LogP contribution in [0.1, 0.15) is 34.7 Å². The number of rotatable bonds is 2. The van der Waals surface area contributed by atoms with Gasteiger partial charge in [-0.05, 0) is 23.8 Å². The average Bonchev–Trinajstić information content (AvgIpc) is 3.30. The monoisotopic (exact) mass is 331 g/mol. The van der Waals surface area contributed by atoms with Crippen molar-refractivity contribution < 1.29 is 13.9 Å². The van der Waals surface area contributed by atoms with Crippen LogP contribution in [0.2, 0.25) is 0 Å². The predicted octanol–water partition coefficient (Wildman–Crippen LogP) is 2.99. The van der Waals surface area contributed by atoms with E-state index < -0.39 is 18.2 Å². The Morgan fingerprint density at radius 2 is 1.92 bits per heavy atom. The molecule has 1 aliphatic rings. The molecule has 3 aromatic rings. The quantitative estimate of drug-likeness (QED) is 0.731. The number of hydrogen-bond acceptors (Lipinski definition) is 5. The lowest BCUT2D eigenvalue weighted by molar-refractivity contribution is 0.114. The van der Waals surface area contributed by atoms with E-state index in [0.29, 0.717) is 5.89 Å². The van der Waals surface area contributed by atoms with E-state index in [1.54, 1.807) is 12.4 Å². The standard InChI is InChI=1S/C19H13N3O3/c23-19-22-16(17(25-19)18-21-8-9-24-18)15-10-14(11-20-12-15)7-6-13-4-2-1-3-5-13/h1-5,8-12,16-17H,(H,22,23)/t16-,17+/m1/s1. The van der Waals surface area contributed by atoms with Gasteiger partial charge in [-0.15, -0.1) is 0 Å². The van der Waals surface area contributed by atoms with Crippen LogP contribution < -0.4 is 5.32 Å². The molecule has 1 N–H and O–H groups in total. The first-order valence-corrected chi connectivity index (χ1v) is 7.68. The summed E-state index contributed by atoms with van der Waals surface area (Å²) in [7, 11) is 0. The molecule has 1 fully saturated rings. The molecule has 2 aromatic heterocycles. The van der Waals surface area contributed by atoms with Crippen molar-refractivity contribution in [1.29, 1.82) is 0 Å². The molecule has 0 unspecified atom stereocenters. The molecule has 0 bridgehead atoms. The largest absolute Gasteiger partial charge is 0.445 e. The van der Waals surface area contributed by atoms with Gasteiger partial charge in [0.2, 0.25) is 12.0 Å². The number of carbonyl (C=O) groups excluding carboxylic acids is 1. The Kier molecular flexibility index (Phi) is 3.89. The number of aromatic nitrogens is 2. The van der Waals surface area contributed by atoms with Crippen LogP contribution in [0.25, 0.3) is 0 Å². The molecule has 6 nitrogen and oxygen atoms in total. The molecule has 1 aliphatic heterocycles. The SMILES string of the molecule is O=C1N[C@H](c2cncc(C#Cc3ccccc3)c2)[C@@H](c2ncco2)O1. The number of benzene rings is 1. The second-order valence-electron chi connectivity index (χ2n) is 5.44. The van der Waals surface area contributed by atoms with Gasteiger partial charge in [0.25, 0.3) is 0 Å². The molecule has 122 valence electrons. The Labute approximate surface area is 143 Å². The van der Waals surface area contributed by atoms with Crippen LogP contribution >= 0.6 is 0 Å². The van der Waals surface area contributed by atoms with E-state index in [2.05, 4.69) is 27.1 Å². The van der Waals surface area contributed by atoms with E-state index in [1.165, 1.54) is 12.5 Å². The number of nitrogens with zero attached hydrogens (tertiary/aromatic N) is 2. The Bertz CT molecular complexity index is 943. The lowest BCUT2D eigenvalue weighted by Gasteiger charge is -2.14. The minimum atomic E-state index is -0.637. The Hall–Kier alpha value is -3.59. The molecule has 1 aromatic carbocycles. The summed E-state index contributed by atoms with van der Waals surface area (Å²) in [4.78, 5) is 20.0. The molecule has 0 radical (unpaired) electrons. The lowest BCUT2D eigenvalue weighted by Crippen LogP contribution is -2.20. The highest BCUT2D eigenvalue weighted by Gasteiger charge is 2.39. The Morgan fingerprint density at radius 3 is 2.72 bits per heavy atom. The van der Waals surface area contributed by atoms with Gasteiger partial charge in [0.1, 0.15) is 12.3 Å². The van der Waals surface area contributed by atoms with Crippen molar-refractivity contribution >= 4 is 6.09 Å². The van der Waals surface area contributed by atoms with Crippen LogP contribution in [0.15, 0.2) is 65.7 Å². The minimum Gasteiger partial charge on any atom is -0.445 e. The number of carbonyl (C=O) groups is 1. The summed E-state index contributed by atoms with van der Waals surface area (Å²) in [5, 5.41) is 2.76. The maximum absolute atomic E-state index is 11.7. The number of pyridine rings is 1. The fourth-order valence-corrected chi connectivity index (χ4v) is 2.61. The van der Waals surface area contributed by atoms with Gasteiger partial charge in [-0.3, -0.25) is 4.98 Å². The van der Waals surface area contributed by atoms with Gasteiger partial charge < -0.3 is 14.5 Å². The molecule has 4 rings (SSSR count). The van der Waals surface area contributed by atoms with E-state index in [1.807, 2.05) is 36.4 Å². The number of alkyl carbamates (subject to hydrolysis) is 1. The summed E-state index contributed by atoms with van der Waals surface area (Å²) >= 11 is 0. The summed E-state index contributed by atoms with van der Waals surface area (Å²) < 4.78 is 10.5. The van der Waals surface area contributed by atoms with E-state index >= 15 is 0 Å². The molecule has 1 amide bonds. The molecular weight excluding hydrogens is 318 g/mol. The third-order valence-electron chi connectivity index (χ3n) is 3.75. The molecular formula is C19H13N3O3. The zero-order valence-electron chi connectivity index (χ0n) is 13.0. The first kappa shape index (κ1) is 15.0. The lowest BCUT2D eigenvalue weighted by atomic mass is 10.0. The van der Waals surface area contributed by atoms with E-state index in [4.69, 9.17) is 9.15 Å². The number of nitrogens with one attached hydrogen (secondary N) is 1. The molecule has 25 heavy (non-hydrogen) atoms. The van der Waals surface area contributed by atoms with Gasteiger partial charge >= 0.3 is 6.09 Å². The van der Waals surface area contributed by atoms with E-state index in [0.717, 1.165) is 16.7 Å². The van der Waals surface area contributed by atoms with Crippen molar-refractivity contribution in [2.75, 3.05) is 0 Å². The molecule has 1 saturated heterocycles. The number of cyclic esters (lactones) is 1. The summed E-state index contributed by atoms with van der Waals surface area (Å²) in [6.45, 7) is 0. The van der Waals surface area contributed by atoms with Gasteiger partial charge in [-0.1, -0.05) is 30.0 Å². The minimum absolute atomic E-state index is 0.337. The van der Waals surface area contributed by atoms with Crippen LogP contribution in [0.3, 0.4) is 0 Å². The smallest absolute Gasteiger partial charge is 0.408 e. The number of oxazole rings is 1. The van der Waals surface area contributed by atoms with Crippen LogP contribution in [0.5, 0.6) is 0 Å². The zero-order chi connectivity index (χ0) is 17.1. The third kappa shape index (κ3) is 3.21. The van der Waals surface area contributed by atoms with Gasteiger partial charge in [-0.2, -0.15) is 0 Å². The first-order valence-electron chi connectivity index (χ1n) is 7.68. The molecule has 6 heteroatoms. The van der Waals surface area contributed by atoms with Crippen molar-refractivity contribution in [2.24, 2.45) is 0 Å². The van der Waals surface area contributed by atoms with Gasteiger partial charge in [0.05, 0.1) is 6.20 Å². The summed E-state index contributed by atoms with van der Waals surface area (Å²) in [5.74, 6) is 6.50. The first-order chi connectivity index (χ1) is 12.3. The highest BCUT2D eigenvalue weighted by Crippen LogP contribution is 2.35. The zero-order valence-corrected chi connectivity index (χ0v) is 13.0. The summed E-state index contributed by atoms with van der Waals surface area (Å²) in [6, 6.07) is 11.1. The van der Waals surface area contributed by atoms with Gasteiger partial charge in [-0.25, -0.2) is 9.78 Å². The van der Waals surface area contributed by atoms with Crippen molar-refractivity contribution in [1.82, 2.24) is 15.3 Å². The normalized spacial score (nSPS) is 18.8. The van der Waals surface area contributed by atoms with Crippen molar-refractivity contribution in [3.05, 3.63) is 83.8 Å². The average molecular weight is 331 g/mol. The second kappa shape index (κ2) is 6.49. The molecule has 3 heterocycles. The van der Waals surface area contributed by atoms with Crippen LogP contribution in [0.4, 0.5) is 4.79 Å². The number of amides is 1. The fourth-order valence-electron chi connectivity index (χ4n) is 2.61. The summed E-state index contributed by atoms with van der Waals surface area (Å²) in [5.41, 5.74) is 2.44. The number of ether oxygens (including phenoxy) is 1. The van der Waals surface area contributed by atoms with E-state index in [9.17, 15) is 4.79 Å². The third-order valence-corrected chi connectivity index (χ3v) is 3.75. The van der Waals surface area contributed by atoms with Gasteiger partial charge in [0.15, 0.2) is 0 Å². The van der Waals surface area contributed by atoms with Crippen molar-refractivity contribution in [2.45, 2.75) is 12.1 Å². The summed E-state index contributed by atoms with van der Waals surface area (Å²) in [6.07, 6.45) is 5.15. The maximum Gasteiger partial charge on any atom is 0.408 e. The predicted molar refractivity (Wildman–Crippen MR) is 88.3 cm³/mol. The van der Waals surface area contributed by atoms with Crippen LogP contribution in [-0.4, -0.2) is 16.1 Å². The van der Waals surface area contributed by atoms with Crippen LogP contribution in [-0.2, 0) is 4.74 Å². The molecule has 0 saturated carbocycles. The topological polar surface area (TPSA) is 77.3 Å². The van der Waals surface area contributed by atoms with Crippen molar-refractivity contribution in [3.63, 3.8) is 0 Å². The Balaban J connectivity index is 1.63.